The van der Waals surface area contributed by atoms with Crippen molar-refractivity contribution < 1.29 is 18.0 Å². The molecule has 1 aromatic heterocycles. The zero-order valence-corrected chi connectivity index (χ0v) is 16.1. The van der Waals surface area contributed by atoms with Crippen molar-refractivity contribution >= 4 is 40.2 Å². The molecule has 0 spiro atoms. The summed E-state index contributed by atoms with van der Waals surface area (Å²) in [6, 6.07) is 3.69. The molecule has 0 saturated carbocycles. The Morgan fingerprint density at radius 2 is 2.00 bits per heavy atom. The summed E-state index contributed by atoms with van der Waals surface area (Å²) in [5.41, 5.74) is 0.367. The number of anilines is 2. The highest BCUT2D eigenvalue weighted by Gasteiger charge is 2.32. The highest BCUT2D eigenvalue weighted by Crippen LogP contribution is 2.36. The van der Waals surface area contributed by atoms with Gasteiger partial charge in [0.2, 0.25) is 5.91 Å². The van der Waals surface area contributed by atoms with Crippen molar-refractivity contribution in [1.82, 2.24) is 9.88 Å². The minimum absolute atomic E-state index is 0.00231. The van der Waals surface area contributed by atoms with Gasteiger partial charge in [0.1, 0.15) is 0 Å². The first-order valence-corrected chi connectivity index (χ1v) is 9.49. The molecule has 2 heterocycles. The highest BCUT2D eigenvalue weighted by molar-refractivity contribution is 7.15. The third-order valence-electron chi connectivity index (χ3n) is 4.37. The molecule has 0 bridgehead atoms. The maximum atomic E-state index is 13.1. The molecule has 27 heavy (non-hydrogen) atoms. The molecule has 2 aromatic rings. The summed E-state index contributed by atoms with van der Waals surface area (Å²) in [6.45, 7) is 4.05. The van der Waals surface area contributed by atoms with Gasteiger partial charge in [-0.2, -0.15) is 13.2 Å². The average Bonchev–Trinajstić information content (AvgIpc) is 3.04. The second-order valence-corrected chi connectivity index (χ2v) is 7.85. The number of thiazole rings is 1. The first-order valence-electron chi connectivity index (χ1n) is 8.30. The summed E-state index contributed by atoms with van der Waals surface area (Å²) >= 11 is 7.08. The third kappa shape index (κ3) is 4.84. The van der Waals surface area contributed by atoms with E-state index in [0.717, 1.165) is 17.0 Å². The Labute approximate surface area is 163 Å². The Morgan fingerprint density at radius 3 is 2.56 bits per heavy atom. The van der Waals surface area contributed by atoms with Crippen LogP contribution >= 0.6 is 22.9 Å². The number of aromatic nitrogens is 1. The van der Waals surface area contributed by atoms with Gasteiger partial charge in [-0.25, -0.2) is 4.98 Å². The van der Waals surface area contributed by atoms with Crippen LogP contribution in [0.4, 0.5) is 24.5 Å². The van der Waals surface area contributed by atoms with Gasteiger partial charge in [-0.1, -0.05) is 11.6 Å². The Kier molecular flexibility index (Phi) is 5.81. The molecule has 3 rings (SSSR count). The van der Waals surface area contributed by atoms with Gasteiger partial charge in [0.15, 0.2) is 4.47 Å². The van der Waals surface area contributed by atoms with Gasteiger partial charge < -0.3 is 15.1 Å². The van der Waals surface area contributed by atoms with Gasteiger partial charge in [0.05, 0.1) is 23.5 Å². The van der Waals surface area contributed by atoms with Gasteiger partial charge in [-0.05, 0) is 18.2 Å². The minimum Gasteiger partial charge on any atom is -0.378 e. The van der Waals surface area contributed by atoms with Gasteiger partial charge in [-0.3, -0.25) is 4.79 Å². The molecule has 0 atom stereocenters. The molecule has 146 valence electrons. The largest absolute Gasteiger partial charge is 0.416 e. The number of alkyl halides is 3. The van der Waals surface area contributed by atoms with E-state index in [1.165, 1.54) is 24.3 Å². The van der Waals surface area contributed by atoms with Crippen molar-refractivity contribution in [3.8, 4) is 0 Å². The van der Waals surface area contributed by atoms with Crippen LogP contribution in [0.25, 0.3) is 0 Å². The molecular formula is C17H18ClF3N4OS. The maximum absolute atomic E-state index is 13.1. The number of benzene rings is 1. The Bertz CT molecular complexity index is 819. The first-order chi connectivity index (χ1) is 12.7. The Morgan fingerprint density at radius 1 is 1.30 bits per heavy atom. The minimum atomic E-state index is -4.42. The van der Waals surface area contributed by atoms with Crippen molar-refractivity contribution in [2.45, 2.75) is 19.6 Å². The molecule has 1 N–H and O–H groups in total. The number of hydrogen-bond donors (Lipinski definition) is 1. The van der Waals surface area contributed by atoms with Crippen LogP contribution in [0.15, 0.2) is 24.4 Å². The normalized spacial score (nSPS) is 15.1. The zero-order valence-electron chi connectivity index (χ0n) is 14.5. The van der Waals surface area contributed by atoms with Crippen molar-refractivity contribution in [3.05, 3.63) is 39.3 Å². The van der Waals surface area contributed by atoms with Gasteiger partial charge in [-0.15, -0.1) is 11.3 Å². The Hall–Kier alpha value is -2.00. The fourth-order valence-corrected chi connectivity index (χ4v) is 3.86. The Balaban J connectivity index is 1.82. The zero-order chi connectivity index (χ0) is 19.6. The average molecular weight is 419 g/mol. The summed E-state index contributed by atoms with van der Waals surface area (Å²) in [6.07, 6.45) is -2.82. The molecule has 0 radical (unpaired) electrons. The number of hydrogen-bond acceptors (Lipinski definition) is 5. The molecule has 1 aliphatic rings. The lowest BCUT2D eigenvalue weighted by molar-refractivity contribution is -0.137. The van der Waals surface area contributed by atoms with Crippen molar-refractivity contribution in [2.75, 3.05) is 36.4 Å². The van der Waals surface area contributed by atoms with Crippen LogP contribution in [0, 0.1) is 0 Å². The number of carbonyl (C=O) groups excluding carboxylic acids is 1. The number of nitrogens with zero attached hydrogens (tertiary/aromatic N) is 3. The van der Waals surface area contributed by atoms with Crippen LogP contribution in [0.3, 0.4) is 0 Å². The van der Waals surface area contributed by atoms with Crippen LogP contribution in [-0.4, -0.2) is 42.0 Å². The number of rotatable bonds is 4. The van der Waals surface area contributed by atoms with E-state index >= 15 is 0 Å². The van der Waals surface area contributed by atoms with Crippen molar-refractivity contribution in [1.29, 1.82) is 0 Å². The fourth-order valence-electron chi connectivity index (χ4n) is 2.94. The predicted molar refractivity (Wildman–Crippen MR) is 100 cm³/mol. The summed E-state index contributed by atoms with van der Waals surface area (Å²) < 4.78 is 39.8. The molecule has 1 amide bonds. The molecule has 5 nitrogen and oxygen atoms in total. The van der Waals surface area contributed by atoms with Gasteiger partial charge in [0.25, 0.3) is 0 Å². The van der Waals surface area contributed by atoms with E-state index in [1.54, 1.807) is 11.1 Å². The smallest absolute Gasteiger partial charge is 0.378 e. The summed E-state index contributed by atoms with van der Waals surface area (Å²) in [4.78, 5) is 20.0. The van der Waals surface area contributed by atoms with E-state index in [0.29, 0.717) is 48.6 Å². The summed E-state index contributed by atoms with van der Waals surface area (Å²) in [7, 11) is 0. The van der Waals surface area contributed by atoms with E-state index in [-0.39, 0.29) is 5.91 Å². The standard InChI is InChI=1S/C17H18ClF3N4OS/c1-11(26)24-4-6-25(7-5-24)15-3-2-12(17(19,20)21)8-14(15)22-9-13-10-23-16(18)27-13/h2-3,8,10,22H,4-7,9H2,1H3. The fraction of sp³-hybridized carbons (Fsp3) is 0.412. The second kappa shape index (κ2) is 7.93. The van der Waals surface area contributed by atoms with Crippen LogP contribution < -0.4 is 10.2 Å². The van der Waals surface area contributed by atoms with E-state index in [4.69, 9.17) is 11.6 Å². The van der Waals surface area contributed by atoms with Crippen LogP contribution in [0.2, 0.25) is 4.47 Å². The summed E-state index contributed by atoms with van der Waals surface area (Å²) in [5, 5.41) is 3.08. The van der Waals surface area contributed by atoms with Crippen LogP contribution in [-0.2, 0) is 17.5 Å². The molecule has 10 heteroatoms. The highest BCUT2D eigenvalue weighted by atomic mass is 35.5. The molecule has 1 aliphatic heterocycles. The van der Waals surface area contributed by atoms with E-state index in [9.17, 15) is 18.0 Å². The SMILES string of the molecule is CC(=O)N1CCN(c2ccc(C(F)(F)F)cc2NCc2cnc(Cl)s2)CC1. The number of amides is 1. The lowest BCUT2D eigenvalue weighted by Crippen LogP contribution is -2.48. The summed E-state index contributed by atoms with van der Waals surface area (Å²) in [5.74, 6) is 0.00231. The van der Waals surface area contributed by atoms with E-state index in [2.05, 4.69) is 10.3 Å². The van der Waals surface area contributed by atoms with E-state index in [1.807, 2.05) is 4.90 Å². The van der Waals surface area contributed by atoms with Crippen LogP contribution in [0.1, 0.15) is 17.4 Å². The number of halogens is 4. The molecule has 1 aromatic carbocycles. The molecule has 1 saturated heterocycles. The molecule has 0 aliphatic carbocycles. The lowest BCUT2D eigenvalue weighted by Gasteiger charge is -2.36. The molecular weight excluding hydrogens is 401 g/mol. The lowest BCUT2D eigenvalue weighted by atomic mass is 10.1. The number of nitrogens with one attached hydrogen (secondary N) is 1. The van der Waals surface area contributed by atoms with Crippen LogP contribution in [0.5, 0.6) is 0 Å². The topological polar surface area (TPSA) is 48.5 Å². The number of carbonyl (C=O) groups is 1. The van der Waals surface area contributed by atoms with Gasteiger partial charge in [0, 0.05) is 44.2 Å². The van der Waals surface area contributed by atoms with Crippen molar-refractivity contribution in [3.63, 3.8) is 0 Å². The monoisotopic (exact) mass is 418 g/mol. The predicted octanol–water partition coefficient (Wildman–Crippen LogP) is 4.10. The second-order valence-electron chi connectivity index (χ2n) is 6.16. The van der Waals surface area contributed by atoms with Gasteiger partial charge >= 0.3 is 6.18 Å². The van der Waals surface area contributed by atoms with E-state index < -0.39 is 11.7 Å². The first kappa shape index (κ1) is 19.8. The molecule has 0 unspecified atom stereocenters. The maximum Gasteiger partial charge on any atom is 0.416 e. The quantitative estimate of drug-likeness (QED) is 0.812. The van der Waals surface area contributed by atoms with Crippen molar-refractivity contribution in [2.24, 2.45) is 0 Å². The molecule has 1 fully saturated rings. The third-order valence-corrected chi connectivity index (χ3v) is 5.48. The number of piperazine rings is 1.